The molecule has 5 rings (SSSR count). The predicted molar refractivity (Wildman–Crippen MR) is 118 cm³/mol. The fraction of sp³-hybridized carbons (Fsp3) is 0.111. The third-order valence-corrected chi connectivity index (χ3v) is 5.57. The first-order valence-corrected chi connectivity index (χ1v) is 9.76. The number of hydrogen-bond acceptors (Lipinski definition) is 0. The average Bonchev–Trinajstić information content (AvgIpc) is 2.99. The van der Waals surface area contributed by atoms with Crippen molar-refractivity contribution < 1.29 is 0 Å². The average molecular weight is 346 g/mol. The van der Waals surface area contributed by atoms with E-state index in [0.717, 1.165) is 12.8 Å². The van der Waals surface area contributed by atoms with Crippen molar-refractivity contribution in [3.8, 4) is 0 Å². The van der Waals surface area contributed by atoms with E-state index in [9.17, 15) is 0 Å². The smallest absolute Gasteiger partial charge is 0.0149 e. The molecule has 0 amide bonds. The van der Waals surface area contributed by atoms with Gasteiger partial charge in [0.25, 0.3) is 0 Å². The topological polar surface area (TPSA) is 0 Å². The Hall–Kier alpha value is -3.12. The van der Waals surface area contributed by atoms with Crippen LogP contribution in [0, 0.1) is 0 Å². The minimum atomic E-state index is 1.12. The molecule has 0 saturated carbocycles. The van der Waals surface area contributed by atoms with Crippen LogP contribution in [0.15, 0.2) is 97.1 Å². The lowest BCUT2D eigenvalue weighted by Crippen LogP contribution is -1.91. The van der Waals surface area contributed by atoms with Gasteiger partial charge in [-0.3, -0.25) is 0 Å². The summed E-state index contributed by atoms with van der Waals surface area (Å²) in [7, 11) is 0. The molecule has 130 valence electrons. The van der Waals surface area contributed by atoms with E-state index in [1.807, 2.05) is 0 Å². The van der Waals surface area contributed by atoms with Crippen LogP contribution in [0.5, 0.6) is 0 Å². The molecular formula is C27H22. The van der Waals surface area contributed by atoms with Crippen LogP contribution in [-0.4, -0.2) is 0 Å². The maximum atomic E-state index is 2.35. The summed E-state index contributed by atoms with van der Waals surface area (Å²) in [5.41, 5.74) is 5.50. The Morgan fingerprint density at radius 2 is 1.15 bits per heavy atom. The van der Waals surface area contributed by atoms with Crippen LogP contribution < -0.4 is 0 Å². The van der Waals surface area contributed by atoms with Crippen molar-refractivity contribution in [2.24, 2.45) is 0 Å². The molecule has 4 aromatic carbocycles. The summed E-state index contributed by atoms with van der Waals surface area (Å²) in [6.07, 6.45) is 8.14. The molecular weight excluding hydrogens is 324 g/mol. The first kappa shape index (κ1) is 16.1. The molecule has 0 aromatic heterocycles. The summed E-state index contributed by atoms with van der Waals surface area (Å²) < 4.78 is 0. The lowest BCUT2D eigenvalue weighted by Gasteiger charge is -2.14. The molecule has 0 heteroatoms. The fourth-order valence-electron chi connectivity index (χ4n) is 4.14. The van der Waals surface area contributed by atoms with Gasteiger partial charge in [-0.2, -0.15) is 0 Å². The van der Waals surface area contributed by atoms with E-state index in [-0.39, 0.29) is 0 Å². The molecule has 0 heterocycles. The van der Waals surface area contributed by atoms with Gasteiger partial charge in [-0.05, 0) is 75.2 Å². The standard InChI is InChI=1S/C27H22/c1-2-12-26(24-16-14-20-8-4-6-10-22(20)18-24)27(13-3-1)25-17-15-21-9-5-7-11-23(21)19-25/h2,4-12,14-19H,1,3,13H2. The van der Waals surface area contributed by atoms with Crippen LogP contribution in [0.25, 0.3) is 32.7 Å². The summed E-state index contributed by atoms with van der Waals surface area (Å²) in [6.45, 7) is 0. The van der Waals surface area contributed by atoms with Crippen molar-refractivity contribution in [2.75, 3.05) is 0 Å². The number of benzene rings is 4. The van der Waals surface area contributed by atoms with Gasteiger partial charge in [0.05, 0.1) is 0 Å². The minimum Gasteiger partial charge on any atom is -0.0839 e. The summed E-state index contributed by atoms with van der Waals surface area (Å²) >= 11 is 0. The van der Waals surface area contributed by atoms with Crippen molar-refractivity contribution in [3.05, 3.63) is 108 Å². The van der Waals surface area contributed by atoms with E-state index in [1.54, 1.807) is 0 Å². The Kier molecular flexibility index (Phi) is 4.10. The number of hydrogen-bond donors (Lipinski definition) is 0. The maximum Gasteiger partial charge on any atom is -0.0149 e. The highest BCUT2D eigenvalue weighted by atomic mass is 14.2. The maximum absolute atomic E-state index is 2.35. The first-order chi connectivity index (χ1) is 13.4. The second-order valence-corrected chi connectivity index (χ2v) is 7.31. The third-order valence-electron chi connectivity index (χ3n) is 5.57. The van der Waals surface area contributed by atoms with Crippen molar-refractivity contribution in [1.82, 2.24) is 0 Å². The normalized spacial score (nSPS) is 14.7. The van der Waals surface area contributed by atoms with Crippen molar-refractivity contribution in [1.29, 1.82) is 0 Å². The highest BCUT2D eigenvalue weighted by Gasteiger charge is 2.13. The Morgan fingerprint density at radius 1 is 0.556 bits per heavy atom. The van der Waals surface area contributed by atoms with Gasteiger partial charge in [-0.15, -0.1) is 0 Å². The molecule has 0 saturated heterocycles. The van der Waals surface area contributed by atoms with Gasteiger partial charge in [0.2, 0.25) is 0 Å². The van der Waals surface area contributed by atoms with Crippen molar-refractivity contribution in [2.45, 2.75) is 19.3 Å². The van der Waals surface area contributed by atoms with Gasteiger partial charge >= 0.3 is 0 Å². The van der Waals surface area contributed by atoms with Gasteiger partial charge in [0.15, 0.2) is 0 Å². The molecule has 0 unspecified atom stereocenters. The molecule has 0 atom stereocenters. The SMILES string of the molecule is C1=CC(c2ccc3ccccc3c2)=C(c2ccc3ccccc3c2)CCC1. The zero-order chi connectivity index (χ0) is 18.1. The van der Waals surface area contributed by atoms with Crippen LogP contribution in [0.2, 0.25) is 0 Å². The van der Waals surface area contributed by atoms with Gasteiger partial charge in [0, 0.05) is 0 Å². The van der Waals surface area contributed by atoms with E-state index in [1.165, 1.54) is 50.2 Å². The van der Waals surface area contributed by atoms with Gasteiger partial charge in [-0.25, -0.2) is 0 Å². The number of allylic oxidation sites excluding steroid dienone is 4. The molecule has 0 fully saturated rings. The van der Waals surface area contributed by atoms with Crippen LogP contribution in [0.3, 0.4) is 0 Å². The monoisotopic (exact) mass is 346 g/mol. The van der Waals surface area contributed by atoms with E-state index in [2.05, 4.69) is 97.1 Å². The van der Waals surface area contributed by atoms with E-state index in [0.29, 0.717) is 0 Å². The molecule has 0 radical (unpaired) electrons. The molecule has 0 aliphatic heterocycles. The molecule has 4 aromatic rings. The summed E-state index contributed by atoms with van der Waals surface area (Å²) in [5.74, 6) is 0. The van der Waals surface area contributed by atoms with Crippen molar-refractivity contribution >= 4 is 32.7 Å². The quantitative estimate of drug-likeness (QED) is 0.350. The minimum absolute atomic E-state index is 1.12. The largest absolute Gasteiger partial charge is 0.0839 e. The van der Waals surface area contributed by atoms with Gasteiger partial charge in [-0.1, -0.05) is 84.9 Å². The van der Waals surface area contributed by atoms with E-state index in [4.69, 9.17) is 0 Å². The third kappa shape index (κ3) is 3.08. The van der Waals surface area contributed by atoms with Crippen LogP contribution in [0.4, 0.5) is 0 Å². The summed E-state index contributed by atoms with van der Waals surface area (Å²) in [6, 6.07) is 31.0. The number of fused-ring (bicyclic) bond motifs is 2. The van der Waals surface area contributed by atoms with Gasteiger partial charge in [0.1, 0.15) is 0 Å². The molecule has 27 heavy (non-hydrogen) atoms. The molecule has 1 aliphatic carbocycles. The Morgan fingerprint density at radius 3 is 1.85 bits per heavy atom. The van der Waals surface area contributed by atoms with Gasteiger partial charge < -0.3 is 0 Å². The zero-order valence-electron chi connectivity index (χ0n) is 15.4. The summed E-state index contributed by atoms with van der Waals surface area (Å²) in [4.78, 5) is 0. The van der Waals surface area contributed by atoms with E-state index < -0.39 is 0 Å². The number of rotatable bonds is 2. The molecule has 1 aliphatic rings. The Balaban J connectivity index is 1.71. The highest BCUT2D eigenvalue weighted by molar-refractivity contribution is 6.00. The van der Waals surface area contributed by atoms with Crippen LogP contribution >= 0.6 is 0 Å². The lowest BCUT2D eigenvalue weighted by atomic mass is 9.90. The second-order valence-electron chi connectivity index (χ2n) is 7.31. The molecule has 0 spiro atoms. The predicted octanol–water partition coefficient (Wildman–Crippen LogP) is 7.64. The van der Waals surface area contributed by atoms with Crippen LogP contribution in [-0.2, 0) is 0 Å². The highest BCUT2D eigenvalue weighted by Crippen LogP contribution is 2.36. The first-order valence-electron chi connectivity index (χ1n) is 9.76. The molecule has 0 nitrogen and oxygen atoms in total. The Labute approximate surface area is 160 Å². The zero-order valence-corrected chi connectivity index (χ0v) is 15.4. The molecule has 0 bridgehead atoms. The molecule has 0 N–H and O–H groups in total. The van der Waals surface area contributed by atoms with E-state index >= 15 is 0 Å². The second kappa shape index (κ2) is 6.89. The lowest BCUT2D eigenvalue weighted by molar-refractivity contribution is 0.887. The van der Waals surface area contributed by atoms with Crippen molar-refractivity contribution in [3.63, 3.8) is 0 Å². The Bertz CT molecular complexity index is 1190. The fourth-order valence-corrected chi connectivity index (χ4v) is 4.14. The summed E-state index contributed by atoms with van der Waals surface area (Å²) in [5, 5.41) is 5.22. The van der Waals surface area contributed by atoms with Crippen LogP contribution in [0.1, 0.15) is 30.4 Å².